The molecule has 0 aliphatic carbocycles. The molecule has 6 heteroatoms. The molecule has 150 valence electrons. The summed E-state index contributed by atoms with van der Waals surface area (Å²) in [6, 6.07) is 19.5. The average Bonchev–Trinajstić information content (AvgIpc) is 2.95. The first kappa shape index (κ1) is 20.2. The molecule has 0 radical (unpaired) electrons. The smallest absolute Gasteiger partial charge is 0.282 e. The van der Waals surface area contributed by atoms with Crippen molar-refractivity contribution in [2.45, 2.75) is 13.8 Å². The molecule has 0 spiro atoms. The lowest BCUT2D eigenvalue weighted by Crippen LogP contribution is -2.33. The van der Waals surface area contributed by atoms with Crippen molar-refractivity contribution in [2.75, 3.05) is 10.2 Å². The molecule has 1 aliphatic rings. The first-order valence-electron chi connectivity index (χ1n) is 9.34. The van der Waals surface area contributed by atoms with E-state index in [9.17, 15) is 9.59 Å². The molecule has 0 fully saturated rings. The highest BCUT2D eigenvalue weighted by Gasteiger charge is 2.40. The van der Waals surface area contributed by atoms with Gasteiger partial charge in [0.1, 0.15) is 5.70 Å². The molecule has 1 N–H and O–H groups in total. The fourth-order valence-corrected chi connectivity index (χ4v) is 3.82. The van der Waals surface area contributed by atoms with Crippen LogP contribution in [0.3, 0.4) is 0 Å². The Morgan fingerprint density at radius 2 is 1.43 bits per heavy atom. The lowest BCUT2D eigenvalue weighted by molar-refractivity contribution is -0.120. The number of benzene rings is 3. The van der Waals surface area contributed by atoms with Gasteiger partial charge in [-0.2, -0.15) is 0 Å². The maximum Gasteiger partial charge on any atom is 0.282 e. The third-order valence-electron chi connectivity index (χ3n) is 5.02. The van der Waals surface area contributed by atoms with Gasteiger partial charge < -0.3 is 5.32 Å². The molecule has 4 rings (SSSR count). The SMILES string of the molecule is Cc1cc(Cl)ccc1NC1=C(c2ccc(Cl)cc2)C(=O)N(c2ccccc2C)C1=O. The van der Waals surface area contributed by atoms with E-state index in [1.807, 2.05) is 26.0 Å². The minimum atomic E-state index is -0.409. The van der Waals surface area contributed by atoms with Crippen molar-refractivity contribution in [1.29, 1.82) is 0 Å². The van der Waals surface area contributed by atoms with Gasteiger partial charge in [-0.05, 0) is 66.9 Å². The summed E-state index contributed by atoms with van der Waals surface area (Å²) in [5.41, 5.74) is 4.09. The van der Waals surface area contributed by atoms with Gasteiger partial charge in [0.15, 0.2) is 0 Å². The van der Waals surface area contributed by atoms with Crippen molar-refractivity contribution in [2.24, 2.45) is 0 Å². The third kappa shape index (κ3) is 3.60. The Labute approximate surface area is 184 Å². The summed E-state index contributed by atoms with van der Waals surface area (Å²) >= 11 is 12.1. The number of anilines is 2. The second kappa shape index (κ2) is 7.98. The van der Waals surface area contributed by atoms with Gasteiger partial charge in [0.2, 0.25) is 0 Å². The Hall–Kier alpha value is -3.08. The van der Waals surface area contributed by atoms with Crippen molar-refractivity contribution in [3.63, 3.8) is 0 Å². The lowest BCUT2D eigenvalue weighted by atomic mass is 10.0. The molecular formula is C24H18Cl2N2O2. The van der Waals surface area contributed by atoms with E-state index in [0.29, 0.717) is 32.6 Å². The summed E-state index contributed by atoms with van der Waals surface area (Å²) in [4.78, 5) is 28.1. The topological polar surface area (TPSA) is 49.4 Å². The predicted molar refractivity (Wildman–Crippen MR) is 122 cm³/mol. The standard InChI is InChI=1S/C24H18Cl2N2O2/c1-14-5-3-4-6-20(14)28-23(29)21(16-7-9-17(25)10-8-16)22(24(28)30)27-19-12-11-18(26)13-15(19)2/h3-13,27H,1-2H3. The zero-order valence-electron chi connectivity index (χ0n) is 16.4. The number of imide groups is 1. The monoisotopic (exact) mass is 436 g/mol. The van der Waals surface area contributed by atoms with Crippen LogP contribution in [0.15, 0.2) is 72.4 Å². The van der Waals surface area contributed by atoms with Gasteiger partial charge in [-0.25, -0.2) is 4.90 Å². The number of aryl methyl sites for hydroxylation is 2. The summed E-state index contributed by atoms with van der Waals surface area (Å²) < 4.78 is 0. The number of carbonyl (C=O) groups excluding carboxylic acids is 2. The Morgan fingerprint density at radius 3 is 2.10 bits per heavy atom. The Kier molecular flexibility index (Phi) is 5.37. The first-order chi connectivity index (χ1) is 14.4. The van der Waals surface area contributed by atoms with Crippen molar-refractivity contribution in [3.8, 4) is 0 Å². The zero-order chi connectivity index (χ0) is 21.4. The number of hydrogen-bond acceptors (Lipinski definition) is 3. The highest BCUT2D eigenvalue weighted by atomic mass is 35.5. The van der Waals surface area contributed by atoms with Crippen molar-refractivity contribution in [1.82, 2.24) is 0 Å². The molecule has 1 aliphatic heterocycles. The van der Waals surface area contributed by atoms with Gasteiger partial charge in [0.25, 0.3) is 11.8 Å². The number of carbonyl (C=O) groups is 2. The van der Waals surface area contributed by atoms with Crippen LogP contribution in [-0.2, 0) is 9.59 Å². The normalized spacial score (nSPS) is 13.9. The van der Waals surface area contributed by atoms with E-state index in [1.54, 1.807) is 54.6 Å². The van der Waals surface area contributed by atoms with Gasteiger partial charge in [0.05, 0.1) is 11.3 Å². The fourth-order valence-electron chi connectivity index (χ4n) is 3.47. The molecule has 0 unspecified atom stereocenters. The van der Waals surface area contributed by atoms with Gasteiger partial charge >= 0.3 is 0 Å². The molecule has 4 nitrogen and oxygen atoms in total. The van der Waals surface area contributed by atoms with Gasteiger partial charge in [-0.15, -0.1) is 0 Å². The van der Waals surface area contributed by atoms with Crippen LogP contribution in [-0.4, -0.2) is 11.8 Å². The van der Waals surface area contributed by atoms with Crippen LogP contribution < -0.4 is 10.2 Å². The molecule has 0 saturated heterocycles. The number of hydrogen-bond donors (Lipinski definition) is 1. The maximum atomic E-state index is 13.4. The van der Waals surface area contributed by atoms with E-state index in [1.165, 1.54) is 4.90 Å². The highest BCUT2D eigenvalue weighted by Crippen LogP contribution is 2.36. The van der Waals surface area contributed by atoms with Crippen LogP contribution >= 0.6 is 23.2 Å². The van der Waals surface area contributed by atoms with E-state index < -0.39 is 5.91 Å². The van der Waals surface area contributed by atoms with E-state index in [0.717, 1.165) is 11.1 Å². The molecule has 1 heterocycles. The number of nitrogens with one attached hydrogen (secondary N) is 1. The fraction of sp³-hybridized carbons (Fsp3) is 0.0833. The van der Waals surface area contributed by atoms with Gasteiger partial charge in [-0.3, -0.25) is 9.59 Å². The Balaban J connectivity index is 1.86. The Morgan fingerprint density at radius 1 is 0.767 bits per heavy atom. The second-order valence-corrected chi connectivity index (χ2v) is 7.95. The first-order valence-corrected chi connectivity index (χ1v) is 10.1. The van der Waals surface area contributed by atoms with Gasteiger partial charge in [0, 0.05) is 15.7 Å². The largest absolute Gasteiger partial charge is 0.350 e. The molecule has 0 bridgehead atoms. The summed E-state index contributed by atoms with van der Waals surface area (Å²) in [6.45, 7) is 3.75. The average molecular weight is 437 g/mol. The van der Waals surface area contributed by atoms with Crippen molar-refractivity contribution < 1.29 is 9.59 Å². The quantitative estimate of drug-likeness (QED) is 0.509. The molecule has 2 amide bonds. The summed E-state index contributed by atoms with van der Waals surface area (Å²) in [5, 5.41) is 4.32. The van der Waals surface area contributed by atoms with Crippen molar-refractivity contribution >= 4 is 52.0 Å². The number of halogens is 2. The van der Waals surface area contributed by atoms with Crippen LogP contribution in [0.1, 0.15) is 16.7 Å². The van der Waals surface area contributed by atoms with Crippen LogP contribution in [0.5, 0.6) is 0 Å². The molecule has 0 saturated carbocycles. The number of para-hydroxylation sites is 1. The summed E-state index contributed by atoms with van der Waals surface area (Å²) in [7, 11) is 0. The van der Waals surface area contributed by atoms with Crippen LogP contribution in [0, 0.1) is 13.8 Å². The summed E-state index contributed by atoms with van der Waals surface area (Å²) in [5.74, 6) is -0.792. The van der Waals surface area contributed by atoms with E-state index in [2.05, 4.69) is 5.32 Å². The molecule has 3 aromatic rings. The molecule has 3 aromatic carbocycles. The molecule has 30 heavy (non-hydrogen) atoms. The van der Waals surface area contributed by atoms with Crippen LogP contribution in [0.25, 0.3) is 5.57 Å². The van der Waals surface area contributed by atoms with Crippen LogP contribution in [0.2, 0.25) is 10.0 Å². The van der Waals surface area contributed by atoms with E-state index in [4.69, 9.17) is 23.2 Å². The van der Waals surface area contributed by atoms with Gasteiger partial charge in [-0.1, -0.05) is 53.5 Å². The predicted octanol–water partition coefficient (Wildman–Crippen LogP) is 6.01. The minimum Gasteiger partial charge on any atom is -0.350 e. The Bertz CT molecular complexity index is 1200. The highest BCUT2D eigenvalue weighted by molar-refractivity contribution is 6.46. The number of amides is 2. The second-order valence-electron chi connectivity index (χ2n) is 7.07. The molecule has 0 aromatic heterocycles. The van der Waals surface area contributed by atoms with Crippen LogP contribution in [0.4, 0.5) is 11.4 Å². The number of rotatable bonds is 4. The third-order valence-corrected chi connectivity index (χ3v) is 5.51. The minimum absolute atomic E-state index is 0.219. The van der Waals surface area contributed by atoms with Crippen molar-refractivity contribution in [3.05, 3.63) is 99.2 Å². The maximum absolute atomic E-state index is 13.4. The summed E-state index contributed by atoms with van der Waals surface area (Å²) in [6.07, 6.45) is 0. The zero-order valence-corrected chi connectivity index (χ0v) is 17.9. The van der Waals surface area contributed by atoms with E-state index in [-0.39, 0.29) is 11.6 Å². The number of nitrogens with zero attached hydrogens (tertiary/aromatic N) is 1. The molecule has 0 atom stereocenters. The van der Waals surface area contributed by atoms with E-state index >= 15 is 0 Å². The molecular weight excluding hydrogens is 419 g/mol. The lowest BCUT2D eigenvalue weighted by Gasteiger charge is -2.18.